The van der Waals surface area contributed by atoms with Gasteiger partial charge in [0.25, 0.3) is 5.91 Å². The zero-order valence-electron chi connectivity index (χ0n) is 11.3. The first-order valence-electron chi connectivity index (χ1n) is 6.84. The number of carbonyl (C=O) groups excluding carboxylic acids is 2. The maximum atomic E-state index is 12.5. The topological polar surface area (TPSA) is 61.8 Å². The van der Waals surface area contributed by atoms with Crippen LogP contribution in [-0.4, -0.2) is 28.7 Å². The molecule has 3 amide bonds. The van der Waals surface area contributed by atoms with Crippen molar-refractivity contribution in [2.45, 2.75) is 38.1 Å². The smallest absolute Gasteiger partial charge is 0.321 e. The Morgan fingerprint density at radius 3 is 2.85 bits per heavy atom. The van der Waals surface area contributed by atoms with Gasteiger partial charge in [0, 0.05) is 5.56 Å². The highest BCUT2D eigenvalue weighted by atomic mass is 32.1. The van der Waals surface area contributed by atoms with E-state index in [0.29, 0.717) is 18.8 Å². The number of rotatable bonds is 2. The minimum atomic E-state index is -0.713. The van der Waals surface area contributed by atoms with Crippen molar-refractivity contribution in [1.29, 1.82) is 0 Å². The van der Waals surface area contributed by atoms with Crippen LogP contribution < -0.4 is 5.32 Å². The van der Waals surface area contributed by atoms with E-state index < -0.39 is 11.6 Å². The molecule has 2 fully saturated rings. The van der Waals surface area contributed by atoms with E-state index in [4.69, 9.17) is 0 Å². The molecule has 1 aromatic rings. The van der Waals surface area contributed by atoms with Gasteiger partial charge >= 0.3 is 6.03 Å². The summed E-state index contributed by atoms with van der Waals surface area (Å²) in [7, 11) is 0. The number of nitrogens with one attached hydrogen (secondary N) is 1. The molecule has 0 radical (unpaired) electrons. The molecule has 1 aliphatic carbocycles. The SMILES string of the molecule is CC1CCC2(CC1)NC(=O)N(/N=C/c1ccsc1)C2=O. The number of amides is 3. The number of urea groups is 1. The minimum Gasteiger partial charge on any atom is -0.321 e. The van der Waals surface area contributed by atoms with Crippen LogP contribution in [0.5, 0.6) is 0 Å². The summed E-state index contributed by atoms with van der Waals surface area (Å²) in [6.07, 6.45) is 4.91. The Hall–Kier alpha value is -1.69. The molecule has 1 saturated heterocycles. The van der Waals surface area contributed by atoms with Crippen LogP contribution >= 0.6 is 11.3 Å². The first-order valence-corrected chi connectivity index (χ1v) is 7.78. The van der Waals surface area contributed by atoms with E-state index in [-0.39, 0.29) is 5.91 Å². The van der Waals surface area contributed by atoms with Crippen LogP contribution in [0.3, 0.4) is 0 Å². The molecule has 1 spiro atoms. The molecule has 1 saturated carbocycles. The van der Waals surface area contributed by atoms with Crippen LogP contribution in [0.4, 0.5) is 4.79 Å². The monoisotopic (exact) mass is 291 g/mol. The molecule has 3 rings (SSSR count). The fourth-order valence-electron chi connectivity index (χ4n) is 2.78. The molecule has 6 heteroatoms. The first kappa shape index (κ1) is 13.3. The number of hydrogen-bond donors (Lipinski definition) is 1. The van der Waals surface area contributed by atoms with Crippen molar-refractivity contribution in [3.8, 4) is 0 Å². The summed E-state index contributed by atoms with van der Waals surface area (Å²) in [4.78, 5) is 24.5. The molecule has 0 bridgehead atoms. The second-order valence-corrected chi connectivity index (χ2v) is 6.39. The van der Waals surface area contributed by atoms with Crippen molar-refractivity contribution in [2.24, 2.45) is 11.0 Å². The molecule has 1 N–H and O–H groups in total. The van der Waals surface area contributed by atoms with Crippen molar-refractivity contribution in [2.75, 3.05) is 0 Å². The summed E-state index contributed by atoms with van der Waals surface area (Å²) in [5.74, 6) is 0.412. The lowest BCUT2D eigenvalue weighted by Crippen LogP contribution is -2.49. The molecule has 0 unspecified atom stereocenters. The van der Waals surface area contributed by atoms with Crippen LogP contribution in [0.1, 0.15) is 38.2 Å². The van der Waals surface area contributed by atoms with Gasteiger partial charge in [-0.2, -0.15) is 16.4 Å². The highest BCUT2D eigenvalue weighted by Gasteiger charge is 2.52. The van der Waals surface area contributed by atoms with Crippen LogP contribution in [0, 0.1) is 5.92 Å². The van der Waals surface area contributed by atoms with Crippen molar-refractivity contribution >= 4 is 29.5 Å². The van der Waals surface area contributed by atoms with Gasteiger partial charge in [0.1, 0.15) is 5.54 Å². The van der Waals surface area contributed by atoms with E-state index in [1.54, 1.807) is 17.6 Å². The summed E-state index contributed by atoms with van der Waals surface area (Å²) >= 11 is 1.55. The molecule has 1 aliphatic heterocycles. The molecule has 0 atom stereocenters. The Morgan fingerprint density at radius 2 is 2.20 bits per heavy atom. The third-order valence-corrected chi connectivity index (χ3v) is 4.84. The lowest BCUT2D eigenvalue weighted by atomic mass is 9.77. The minimum absolute atomic E-state index is 0.208. The van der Waals surface area contributed by atoms with Gasteiger partial charge in [-0.3, -0.25) is 4.79 Å². The Balaban J connectivity index is 1.77. The fraction of sp³-hybridized carbons (Fsp3) is 0.500. The molecular weight excluding hydrogens is 274 g/mol. The summed E-state index contributed by atoms with van der Waals surface area (Å²) in [6.45, 7) is 2.18. The maximum Gasteiger partial charge on any atom is 0.346 e. The van der Waals surface area contributed by atoms with Crippen LogP contribution in [0.2, 0.25) is 0 Å². The Morgan fingerprint density at radius 1 is 1.45 bits per heavy atom. The summed E-state index contributed by atoms with van der Waals surface area (Å²) in [6, 6.07) is 1.49. The molecule has 1 aromatic heterocycles. The first-order chi connectivity index (χ1) is 9.61. The third kappa shape index (κ3) is 2.24. The second-order valence-electron chi connectivity index (χ2n) is 5.61. The number of hydrogen-bond acceptors (Lipinski definition) is 4. The molecule has 2 aliphatic rings. The lowest BCUT2D eigenvalue weighted by Gasteiger charge is -2.33. The average Bonchev–Trinajstić information content (AvgIpc) is 3.01. The van der Waals surface area contributed by atoms with E-state index in [2.05, 4.69) is 17.3 Å². The van der Waals surface area contributed by atoms with Crippen LogP contribution in [0.15, 0.2) is 21.9 Å². The third-order valence-electron chi connectivity index (χ3n) is 4.13. The largest absolute Gasteiger partial charge is 0.346 e. The Bertz CT molecular complexity index is 545. The second kappa shape index (κ2) is 5.01. The number of thiophene rings is 1. The van der Waals surface area contributed by atoms with E-state index in [0.717, 1.165) is 23.4 Å². The molecule has 20 heavy (non-hydrogen) atoms. The average molecular weight is 291 g/mol. The number of carbonyl (C=O) groups is 2. The van der Waals surface area contributed by atoms with Crippen molar-refractivity contribution in [3.05, 3.63) is 22.4 Å². The molecule has 106 valence electrons. The zero-order chi connectivity index (χ0) is 14.2. The molecular formula is C14H17N3O2S. The van der Waals surface area contributed by atoms with Crippen LogP contribution in [0.25, 0.3) is 0 Å². The van der Waals surface area contributed by atoms with E-state index in [1.807, 2.05) is 16.8 Å². The van der Waals surface area contributed by atoms with Crippen molar-refractivity contribution in [1.82, 2.24) is 10.3 Å². The fourth-order valence-corrected chi connectivity index (χ4v) is 3.39. The van der Waals surface area contributed by atoms with Gasteiger partial charge in [0.2, 0.25) is 0 Å². The van der Waals surface area contributed by atoms with Gasteiger partial charge in [-0.1, -0.05) is 6.92 Å². The standard InChI is InChI=1S/C14H17N3O2S/c1-10-2-5-14(6-3-10)12(18)17(13(19)16-14)15-8-11-4-7-20-9-11/h4,7-10H,2-3,5-6H2,1H3,(H,16,19)/b15-8+. The maximum absolute atomic E-state index is 12.5. The summed E-state index contributed by atoms with van der Waals surface area (Å²) in [5.41, 5.74) is 0.184. The van der Waals surface area contributed by atoms with Gasteiger partial charge in [-0.05, 0) is 48.4 Å². The van der Waals surface area contributed by atoms with E-state index in [1.165, 1.54) is 0 Å². The predicted molar refractivity (Wildman–Crippen MR) is 77.7 cm³/mol. The highest BCUT2D eigenvalue weighted by Crippen LogP contribution is 2.36. The van der Waals surface area contributed by atoms with Crippen molar-refractivity contribution in [3.63, 3.8) is 0 Å². The van der Waals surface area contributed by atoms with E-state index >= 15 is 0 Å². The predicted octanol–water partition coefficient (Wildman–Crippen LogP) is 2.58. The molecule has 5 nitrogen and oxygen atoms in total. The van der Waals surface area contributed by atoms with Crippen LogP contribution in [-0.2, 0) is 4.79 Å². The number of nitrogens with zero attached hydrogens (tertiary/aromatic N) is 2. The summed E-state index contributed by atoms with van der Waals surface area (Å²) in [5, 5.41) is 11.7. The normalized spacial score (nSPS) is 30.4. The van der Waals surface area contributed by atoms with Gasteiger partial charge in [0.05, 0.1) is 6.21 Å². The number of imide groups is 1. The quantitative estimate of drug-likeness (QED) is 0.672. The van der Waals surface area contributed by atoms with Gasteiger partial charge in [-0.15, -0.1) is 5.01 Å². The highest BCUT2D eigenvalue weighted by molar-refractivity contribution is 7.08. The van der Waals surface area contributed by atoms with Gasteiger partial charge < -0.3 is 5.32 Å². The van der Waals surface area contributed by atoms with Gasteiger partial charge in [-0.25, -0.2) is 4.79 Å². The molecule has 0 aromatic carbocycles. The van der Waals surface area contributed by atoms with E-state index in [9.17, 15) is 9.59 Å². The summed E-state index contributed by atoms with van der Waals surface area (Å²) < 4.78 is 0. The van der Waals surface area contributed by atoms with Crippen molar-refractivity contribution < 1.29 is 9.59 Å². The Kier molecular flexibility index (Phi) is 3.33. The lowest BCUT2D eigenvalue weighted by molar-refractivity contribution is -0.132. The molecule has 2 heterocycles. The zero-order valence-corrected chi connectivity index (χ0v) is 12.2. The van der Waals surface area contributed by atoms with Gasteiger partial charge in [0.15, 0.2) is 0 Å². The number of hydrazone groups is 1. The Labute approximate surface area is 121 Å².